The Labute approximate surface area is 323 Å². The number of tetrazole rings is 2. The molecule has 0 fully saturated rings. The van der Waals surface area contributed by atoms with E-state index in [2.05, 4.69) is 90.9 Å². The van der Waals surface area contributed by atoms with E-state index < -0.39 is 0 Å². The monoisotopic (exact) mass is 781 g/mol. The lowest BCUT2D eigenvalue weighted by molar-refractivity contribution is 0.389. The maximum atomic E-state index is 4.86. The third kappa shape index (κ3) is 23.6. The van der Waals surface area contributed by atoms with Gasteiger partial charge in [-0.05, 0) is 72.7 Å². The molecule has 0 spiro atoms. The molecular weight excluding hydrogens is 730 g/mol. The molecule has 0 aromatic carbocycles. The predicted octanol–water partition coefficient (Wildman–Crippen LogP) is 3.80. The van der Waals surface area contributed by atoms with E-state index in [1.165, 1.54) is 14.4 Å². The van der Waals surface area contributed by atoms with E-state index in [-0.39, 0.29) is 0 Å². The highest BCUT2D eigenvalue weighted by Gasteiger charge is 1.92. The summed E-state index contributed by atoms with van der Waals surface area (Å²) < 4.78 is 23.5. The van der Waals surface area contributed by atoms with Gasteiger partial charge in [0.1, 0.15) is 11.5 Å². The average molecular weight is 782 g/mol. The van der Waals surface area contributed by atoms with Crippen LogP contribution in [0.5, 0.6) is 0 Å². The molecular formula is C32H51N19O5. The van der Waals surface area contributed by atoms with Gasteiger partial charge in [0.25, 0.3) is 0 Å². The Morgan fingerprint density at radius 1 is 0.411 bits per heavy atom. The van der Waals surface area contributed by atoms with E-state index in [0.717, 1.165) is 28.6 Å². The van der Waals surface area contributed by atoms with Crippen molar-refractivity contribution in [2.45, 2.75) is 90.0 Å². The normalized spacial score (nSPS) is 9.43. The second kappa shape index (κ2) is 25.2. The Hall–Kier alpha value is -6.88. The molecule has 304 valence electrons. The summed E-state index contributed by atoms with van der Waals surface area (Å²) in [5.41, 5.74) is 2.84. The van der Waals surface area contributed by atoms with E-state index in [0.29, 0.717) is 46.9 Å². The molecule has 0 amide bonds. The van der Waals surface area contributed by atoms with Gasteiger partial charge in [0.15, 0.2) is 23.3 Å². The first-order valence-corrected chi connectivity index (χ1v) is 16.7. The summed E-state index contributed by atoms with van der Waals surface area (Å²) >= 11 is 0. The first-order valence-electron chi connectivity index (χ1n) is 16.7. The first-order chi connectivity index (χ1) is 26.3. The quantitative estimate of drug-likeness (QED) is 0.211. The van der Waals surface area contributed by atoms with Crippen LogP contribution in [-0.2, 0) is 21.1 Å². The van der Waals surface area contributed by atoms with Crippen molar-refractivity contribution in [1.82, 2.24) is 96.2 Å². The lowest BCUT2D eigenvalue weighted by atomic mass is 10.4. The Morgan fingerprint density at radius 3 is 0.911 bits per heavy atom. The Balaban J connectivity index is 0.000000320. The van der Waals surface area contributed by atoms with Crippen LogP contribution in [0, 0.1) is 90.0 Å². The van der Waals surface area contributed by atoms with Crippen LogP contribution in [0.1, 0.15) is 75.5 Å². The standard InChI is InChI=1S/2C5H7NO.C4H7N3.3C4H6N2O.2C3H6N4/c2*1-4-3-5(2)7-6-4;1-4-3-5-7(2)6-4;1-3-5-6-4(2)7-3;2*1-3-5-4(2)7-6-3;2*1-3-4-6-7(2)5-3/h3*3H,1-2H3;5*1-2H3. The van der Waals surface area contributed by atoms with Crippen LogP contribution in [-0.4, -0.2) is 96.2 Å². The van der Waals surface area contributed by atoms with Crippen molar-refractivity contribution in [1.29, 1.82) is 0 Å². The van der Waals surface area contributed by atoms with Crippen molar-refractivity contribution in [3.63, 3.8) is 0 Å². The van der Waals surface area contributed by atoms with E-state index >= 15 is 0 Å². The number of hydrogen-bond acceptors (Lipinski definition) is 21. The van der Waals surface area contributed by atoms with Crippen LogP contribution < -0.4 is 0 Å². The highest BCUT2D eigenvalue weighted by atomic mass is 16.5. The van der Waals surface area contributed by atoms with Gasteiger partial charge in [-0.15, -0.1) is 30.6 Å². The summed E-state index contributed by atoms with van der Waals surface area (Å²) in [5.74, 6) is 7.04. The third-order valence-electron chi connectivity index (χ3n) is 5.31. The molecule has 0 aliphatic rings. The molecule has 0 saturated heterocycles. The van der Waals surface area contributed by atoms with E-state index in [4.69, 9.17) is 13.5 Å². The predicted molar refractivity (Wildman–Crippen MR) is 196 cm³/mol. The van der Waals surface area contributed by atoms with Crippen molar-refractivity contribution >= 4 is 0 Å². The SMILES string of the molecule is Cc1cc(C)on1.Cc1cc(C)on1.Cc1cnn(C)n1.Cc1nnc(C)o1.Cc1nnn(C)n1.Cc1nnn(C)n1.Cc1noc(C)n1.Cc1noc(C)n1. The van der Waals surface area contributed by atoms with Gasteiger partial charge in [0.05, 0.1) is 37.4 Å². The Morgan fingerprint density at radius 2 is 0.821 bits per heavy atom. The molecule has 0 bridgehead atoms. The average Bonchev–Trinajstić information content (AvgIpc) is 4.00. The van der Waals surface area contributed by atoms with E-state index in [1.54, 1.807) is 82.7 Å². The molecule has 0 N–H and O–H groups in total. The maximum absolute atomic E-state index is 4.86. The number of rotatable bonds is 0. The van der Waals surface area contributed by atoms with Crippen LogP contribution in [0.25, 0.3) is 0 Å². The Kier molecular flexibility index (Phi) is 21.2. The van der Waals surface area contributed by atoms with Gasteiger partial charge in [-0.1, -0.05) is 20.6 Å². The number of aromatic nitrogens is 19. The zero-order valence-electron chi connectivity index (χ0n) is 34.8. The summed E-state index contributed by atoms with van der Waals surface area (Å²) in [6.45, 7) is 23.7. The number of hydrogen-bond donors (Lipinski definition) is 0. The van der Waals surface area contributed by atoms with Crippen LogP contribution in [0.4, 0.5) is 0 Å². The first kappa shape index (κ1) is 47.1. The summed E-state index contributed by atoms with van der Waals surface area (Å²) in [5, 5.41) is 51.3. The second-order valence-electron chi connectivity index (χ2n) is 11.3. The largest absolute Gasteiger partial charge is 0.426 e. The van der Waals surface area contributed by atoms with Gasteiger partial charge < -0.3 is 22.5 Å². The molecule has 0 aliphatic heterocycles. The number of nitrogens with zero attached hydrogens (tertiary/aromatic N) is 19. The minimum atomic E-state index is 0.623. The number of aryl methyl sites for hydroxylation is 16. The van der Waals surface area contributed by atoms with Gasteiger partial charge in [0.2, 0.25) is 23.6 Å². The third-order valence-corrected chi connectivity index (χ3v) is 5.31. The van der Waals surface area contributed by atoms with Crippen LogP contribution in [0.3, 0.4) is 0 Å². The fourth-order valence-corrected chi connectivity index (χ4v) is 3.38. The van der Waals surface area contributed by atoms with Crippen LogP contribution in [0.15, 0.2) is 40.8 Å². The molecule has 0 aliphatic carbocycles. The Bertz CT molecular complexity index is 1590. The molecule has 0 radical (unpaired) electrons. The topological polar surface area (TPSA) is 287 Å². The van der Waals surface area contributed by atoms with Gasteiger partial charge in [-0.3, -0.25) is 0 Å². The highest BCUT2D eigenvalue weighted by Crippen LogP contribution is 1.98. The fourth-order valence-electron chi connectivity index (χ4n) is 3.38. The minimum Gasteiger partial charge on any atom is -0.426 e. The summed E-state index contributed by atoms with van der Waals surface area (Å²) in [6, 6.07) is 3.78. The van der Waals surface area contributed by atoms with Crippen molar-refractivity contribution in [3.8, 4) is 0 Å². The molecule has 8 aromatic heterocycles. The molecule has 0 saturated carbocycles. The summed E-state index contributed by atoms with van der Waals surface area (Å²) in [7, 11) is 5.27. The molecule has 0 unspecified atom stereocenters. The summed E-state index contributed by atoms with van der Waals surface area (Å²) in [6.07, 6.45) is 1.72. The van der Waals surface area contributed by atoms with Gasteiger partial charge in [-0.25, -0.2) is 0 Å². The van der Waals surface area contributed by atoms with E-state index in [9.17, 15) is 0 Å². The second-order valence-corrected chi connectivity index (χ2v) is 11.3. The van der Waals surface area contributed by atoms with E-state index in [1.807, 2.05) is 46.8 Å². The molecule has 0 atom stereocenters. The van der Waals surface area contributed by atoms with Gasteiger partial charge in [0, 0.05) is 46.9 Å². The zero-order valence-corrected chi connectivity index (χ0v) is 34.8. The summed E-state index contributed by atoms with van der Waals surface area (Å²) in [4.78, 5) is 12.1. The maximum Gasteiger partial charge on any atom is 0.223 e. The lowest BCUT2D eigenvalue weighted by Gasteiger charge is -1.77. The minimum absolute atomic E-state index is 0.623. The van der Waals surface area contributed by atoms with Gasteiger partial charge in [-0.2, -0.15) is 34.6 Å². The lowest BCUT2D eigenvalue weighted by Crippen LogP contribution is -1.91. The van der Waals surface area contributed by atoms with Gasteiger partial charge >= 0.3 is 0 Å². The molecule has 8 aromatic rings. The molecule has 8 rings (SSSR count). The molecule has 24 heteroatoms. The van der Waals surface area contributed by atoms with Crippen molar-refractivity contribution in [2.24, 2.45) is 21.1 Å². The smallest absolute Gasteiger partial charge is 0.223 e. The molecule has 8 heterocycles. The molecule has 24 nitrogen and oxygen atoms in total. The highest BCUT2D eigenvalue weighted by molar-refractivity contribution is 5.00. The van der Waals surface area contributed by atoms with Crippen molar-refractivity contribution in [2.75, 3.05) is 0 Å². The zero-order chi connectivity index (χ0) is 42.2. The van der Waals surface area contributed by atoms with Crippen LogP contribution in [0.2, 0.25) is 0 Å². The van der Waals surface area contributed by atoms with Crippen molar-refractivity contribution < 1.29 is 22.5 Å². The van der Waals surface area contributed by atoms with Crippen LogP contribution >= 0.6 is 0 Å². The molecule has 56 heavy (non-hydrogen) atoms. The fraction of sp³-hybridized carbons (Fsp3) is 0.500. The van der Waals surface area contributed by atoms with Crippen molar-refractivity contribution in [3.05, 3.63) is 93.8 Å².